The van der Waals surface area contributed by atoms with E-state index in [9.17, 15) is 0 Å². The second-order valence-corrected chi connectivity index (χ2v) is 7.32. The summed E-state index contributed by atoms with van der Waals surface area (Å²) in [5.74, 6) is 0.405. The van der Waals surface area contributed by atoms with Gasteiger partial charge < -0.3 is 15.8 Å². The number of rotatable bonds is 7. The fourth-order valence-corrected chi connectivity index (χ4v) is 2.87. The van der Waals surface area contributed by atoms with E-state index in [1.165, 1.54) is 5.56 Å². The Balaban J connectivity index is 0.00000338. The Kier molecular flexibility index (Phi) is 9.39. The Morgan fingerprint density at radius 2 is 1.92 bits per heavy atom. The van der Waals surface area contributed by atoms with Crippen LogP contribution in [0, 0.1) is 5.41 Å². The van der Waals surface area contributed by atoms with Gasteiger partial charge in [-0.1, -0.05) is 55.8 Å². The second-order valence-electron chi connectivity index (χ2n) is 6.89. The molecule has 142 valence electrons. The van der Waals surface area contributed by atoms with E-state index in [1.54, 1.807) is 7.11 Å². The van der Waals surface area contributed by atoms with Crippen LogP contribution < -0.4 is 11.1 Å². The van der Waals surface area contributed by atoms with E-state index in [0.717, 1.165) is 22.7 Å². The van der Waals surface area contributed by atoms with Crippen LogP contribution in [0.25, 0.3) is 0 Å². The van der Waals surface area contributed by atoms with Crippen molar-refractivity contribution >= 4 is 47.2 Å². The molecule has 2 aromatic carbocycles. The monoisotopic (exact) mass is 487 g/mol. The summed E-state index contributed by atoms with van der Waals surface area (Å²) in [7, 11) is 1.67. The predicted octanol–water partition coefficient (Wildman–Crippen LogP) is 5.10. The molecule has 2 aromatic rings. The highest BCUT2D eigenvalue weighted by Gasteiger charge is 2.18. The Bertz CT molecular complexity index is 735. The Hall–Kier alpha value is -1.31. The molecule has 0 amide bonds. The van der Waals surface area contributed by atoms with Gasteiger partial charge in [0.05, 0.1) is 6.61 Å². The average molecular weight is 488 g/mol. The van der Waals surface area contributed by atoms with E-state index in [-0.39, 0.29) is 29.4 Å². The zero-order valence-corrected chi connectivity index (χ0v) is 18.5. The van der Waals surface area contributed by atoms with E-state index in [2.05, 4.69) is 30.2 Å². The summed E-state index contributed by atoms with van der Waals surface area (Å²) in [6.45, 7) is 5.48. The third-order valence-corrected chi connectivity index (χ3v) is 4.06. The minimum absolute atomic E-state index is 0. The molecule has 3 N–H and O–H groups in total. The Morgan fingerprint density at radius 3 is 2.62 bits per heavy atom. The predicted molar refractivity (Wildman–Crippen MR) is 122 cm³/mol. The maximum atomic E-state index is 6.07. The van der Waals surface area contributed by atoms with Crippen molar-refractivity contribution < 1.29 is 4.74 Å². The molecular weight excluding hydrogens is 461 g/mol. The number of aliphatic imine (C=N–C) groups is 1. The van der Waals surface area contributed by atoms with Crippen molar-refractivity contribution in [1.82, 2.24) is 0 Å². The lowest BCUT2D eigenvalue weighted by Gasteiger charge is -2.23. The van der Waals surface area contributed by atoms with Gasteiger partial charge in [0.1, 0.15) is 0 Å². The van der Waals surface area contributed by atoms with Gasteiger partial charge in [0.25, 0.3) is 0 Å². The lowest BCUT2D eigenvalue weighted by Crippen LogP contribution is -2.27. The SMILES string of the molecule is COCc1ccccc1NC(N)=NCC(C)(C)Cc1cccc(Cl)c1.I. The van der Waals surface area contributed by atoms with E-state index < -0.39 is 0 Å². The molecule has 0 unspecified atom stereocenters. The van der Waals surface area contributed by atoms with Crippen LogP contribution in [0.3, 0.4) is 0 Å². The lowest BCUT2D eigenvalue weighted by molar-refractivity contribution is 0.185. The van der Waals surface area contributed by atoms with Crippen molar-refractivity contribution in [2.24, 2.45) is 16.1 Å². The molecule has 0 radical (unpaired) electrons. The summed E-state index contributed by atoms with van der Waals surface area (Å²) >= 11 is 6.06. The number of para-hydroxylation sites is 1. The van der Waals surface area contributed by atoms with E-state index in [0.29, 0.717) is 19.1 Å². The molecule has 0 atom stereocenters. The number of benzene rings is 2. The molecule has 0 aromatic heterocycles. The van der Waals surface area contributed by atoms with Crippen molar-refractivity contribution in [3.05, 3.63) is 64.7 Å². The highest BCUT2D eigenvalue weighted by Crippen LogP contribution is 2.24. The van der Waals surface area contributed by atoms with Gasteiger partial charge in [0, 0.05) is 29.9 Å². The number of nitrogens with one attached hydrogen (secondary N) is 1. The van der Waals surface area contributed by atoms with Crippen LogP contribution in [0.15, 0.2) is 53.5 Å². The highest BCUT2D eigenvalue weighted by atomic mass is 127. The van der Waals surface area contributed by atoms with Crippen molar-refractivity contribution in [3.63, 3.8) is 0 Å². The molecule has 0 saturated carbocycles. The van der Waals surface area contributed by atoms with Gasteiger partial charge in [0.2, 0.25) is 0 Å². The van der Waals surface area contributed by atoms with Gasteiger partial charge in [-0.3, -0.25) is 4.99 Å². The summed E-state index contributed by atoms with van der Waals surface area (Å²) in [5.41, 5.74) is 9.20. The summed E-state index contributed by atoms with van der Waals surface area (Å²) in [6, 6.07) is 15.8. The molecule has 26 heavy (non-hydrogen) atoms. The quantitative estimate of drug-likeness (QED) is 0.324. The van der Waals surface area contributed by atoms with Gasteiger partial charge in [-0.05, 0) is 35.6 Å². The summed E-state index contributed by atoms with van der Waals surface area (Å²) < 4.78 is 5.21. The molecule has 0 aliphatic heterocycles. The average Bonchev–Trinajstić information content (AvgIpc) is 2.55. The molecule has 0 aliphatic rings. The Morgan fingerprint density at radius 1 is 1.19 bits per heavy atom. The van der Waals surface area contributed by atoms with Crippen LogP contribution >= 0.6 is 35.6 Å². The molecule has 4 nitrogen and oxygen atoms in total. The summed E-state index contributed by atoms with van der Waals surface area (Å²) in [5, 5.41) is 3.92. The lowest BCUT2D eigenvalue weighted by atomic mass is 9.86. The first-order valence-electron chi connectivity index (χ1n) is 8.28. The van der Waals surface area contributed by atoms with Crippen molar-refractivity contribution in [3.8, 4) is 0 Å². The number of ether oxygens (including phenoxy) is 1. The number of methoxy groups -OCH3 is 1. The van der Waals surface area contributed by atoms with Crippen molar-refractivity contribution in [2.45, 2.75) is 26.9 Å². The van der Waals surface area contributed by atoms with Crippen molar-refractivity contribution in [1.29, 1.82) is 0 Å². The van der Waals surface area contributed by atoms with Gasteiger partial charge in [-0.15, -0.1) is 24.0 Å². The first-order chi connectivity index (χ1) is 11.9. The number of hydrogen-bond donors (Lipinski definition) is 2. The number of anilines is 1. The zero-order valence-electron chi connectivity index (χ0n) is 15.5. The van der Waals surface area contributed by atoms with Crippen LogP contribution in [0.2, 0.25) is 5.02 Å². The molecule has 0 saturated heterocycles. The number of nitrogens with two attached hydrogens (primary N) is 1. The molecule has 0 bridgehead atoms. The van der Waals surface area contributed by atoms with E-state index in [1.807, 2.05) is 42.5 Å². The zero-order chi connectivity index (χ0) is 18.3. The third kappa shape index (κ3) is 7.51. The summed E-state index contributed by atoms with van der Waals surface area (Å²) in [4.78, 5) is 4.52. The first kappa shape index (κ1) is 22.7. The van der Waals surface area contributed by atoms with E-state index >= 15 is 0 Å². The fraction of sp³-hybridized carbons (Fsp3) is 0.350. The van der Waals surface area contributed by atoms with Crippen molar-refractivity contribution in [2.75, 3.05) is 19.0 Å². The third-order valence-electron chi connectivity index (χ3n) is 3.83. The fourth-order valence-electron chi connectivity index (χ4n) is 2.66. The molecule has 0 aliphatic carbocycles. The molecule has 0 fully saturated rings. The maximum absolute atomic E-state index is 6.07. The molecule has 2 rings (SSSR count). The molecule has 6 heteroatoms. The van der Waals surface area contributed by atoms with Gasteiger partial charge in [0.15, 0.2) is 5.96 Å². The van der Waals surface area contributed by atoms with Crippen LogP contribution in [-0.2, 0) is 17.8 Å². The number of nitrogens with zero attached hydrogens (tertiary/aromatic N) is 1. The molecule has 0 heterocycles. The minimum Gasteiger partial charge on any atom is -0.380 e. The Labute approximate surface area is 178 Å². The normalized spacial score (nSPS) is 11.8. The van der Waals surface area contributed by atoms with Crippen LogP contribution in [0.5, 0.6) is 0 Å². The smallest absolute Gasteiger partial charge is 0.193 e. The topological polar surface area (TPSA) is 59.6 Å². The largest absolute Gasteiger partial charge is 0.380 e. The number of halogens is 2. The molecular formula is C20H27ClIN3O. The van der Waals surface area contributed by atoms with Gasteiger partial charge in [-0.2, -0.15) is 0 Å². The van der Waals surface area contributed by atoms with Crippen LogP contribution in [0.4, 0.5) is 5.69 Å². The van der Waals surface area contributed by atoms with Crippen LogP contribution in [0.1, 0.15) is 25.0 Å². The standard InChI is InChI=1S/C20H26ClN3O.HI/c1-20(2,12-15-7-6-9-17(21)11-15)14-23-19(22)24-18-10-5-4-8-16(18)13-25-3;/h4-11H,12-14H2,1-3H3,(H3,22,23,24);1H. The number of guanidine groups is 1. The highest BCUT2D eigenvalue weighted by molar-refractivity contribution is 14.0. The van der Waals surface area contributed by atoms with Crippen LogP contribution in [-0.4, -0.2) is 19.6 Å². The summed E-state index contributed by atoms with van der Waals surface area (Å²) in [6.07, 6.45) is 0.880. The van der Waals surface area contributed by atoms with Gasteiger partial charge in [-0.25, -0.2) is 0 Å². The maximum Gasteiger partial charge on any atom is 0.193 e. The molecule has 0 spiro atoms. The van der Waals surface area contributed by atoms with E-state index in [4.69, 9.17) is 22.1 Å². The number of hydrogen-bond acceptors (Lipinski definition) is 2. The minimum atomic E-state index is -0.0248. The van der Waals surface area contributed by atoms with Gasteiger partial charge >= 0.3 is 0 Å². The second kappa shape index (κ2) is 10.7. The first-order valence-corrected chi connectivity index (χ1v) is 8.66.